The minimum absolute atomic E-state index is 0.294. The molecule has 2 aromatic rings. The molecule has 0 bridgehead atoms. The third-order valence-corrected chi connectivity index (χ3v) is 3.50. The van der Waals surface area contributed by atoms with E-state index in [1.165, 1.54) is 5.56 Å². The minimum atomic E-state index is 0.294. The summed E-state index contributed by atoms with van der Waals surface area (Å²) >= 11 is 0. The van der Waals surface area contributed by atoms with Gasteiger partial charge in [-0.05, 0) is 49.1 Å². The van der Waals surface area contributed by atoms with Crippen LogP contribution in [0.2, 0.25) is 0 Å². The van der Waals surface area contributed by atoms with Crippen molar-refractivity contribution in [2.45, 2.75) is 31.7 Å². The van der Waals surface area contributed by atoms with Gasteiger partial charge in [-0.15, -0.1) is 0 Å². The summed E-state index contributed by atoms with van der Waals surface area (Å²) in [6.07, 6.45) is 5.59. The van der Waals surface area contributed by atoms with Gasteiger partial charge in [-0.2, -0.15) is 0 Å². The highest BCUT2D eigenvalue weighted by Crippen LogP contribution is 2.14. The molecule has 0 fully saturated rings. The molecule has 1 aromatic carbocycles. The van der Waals surface area contributed by atoms with Gasteiger partial charge in [0.15, 0.2) is 0 Å². The third-order valence-electron chi connectivity index (χ3n) is 3.50. The second-order valence-corrected chi connectivity index (χ2v) is 4.87. The van der Waals surface area contributed by atoms with Crippen LogP contribution in [0.5, 0.6) is 5.75 Å². The Labute approximate surface area is 119 Å². The van der Waals surface area contributed by atoms with Crippen LogP contribution < -0.4 is 16.0 Å². The summed E-state index contributed by atoms with van der Waals surface area (Å²) in [7, 11) is 1.68. The Morgan fingerprint density at radius 1 is 1.15 bits per heavy atom. The van der Waals surface area contributed by atoms with E-state index in [0.29, 0.717) is 6.04 Å². The van der Waals surface area contributed by atoms with Crippen molar-refractivity contribution in [2.75, 3.05) is 7.11 Å². The molecule has 2 rings (SSSR count). The Morgan fingerprint density at radius 2 is 1.90 bits per heavy atom. The van der Waals surface area contributed by atoms with Crippen LogP contribution in [0.25, 0.3) is 0 Å². The zero-order chi connectivity index (χ0) is 14.2. The van der Waals surface area contributed by atoms with E-state index in [4.69, 9.17) is 15.0 Å². The Hall–Kier alpha value is -1.78. The van der Waals surface area contributed by atoms with Crippen molar-refractivity contribution in [3.63, 3.8) is 0 Å². The van der Waals surface area contributed by atoms with Crippen molar-refractivity contribution in [3.05, 3.63) is 54.0 Å². The van der Waals surface area contributed by atoms with Gasteiger partial charge in [-0.1, -0.05) is 12.1 Å². The standard InChI is InChI=1S/C16H22N2O2/c1-19-15-9-5-13(6-10-15)4-7-14(18-17)8-11-16-3-2-12-20-16/h2-3,5-6,9-10,12,14,18H,4,7-8,11,17H2,1H3. The van der Waals surface area contributed by atoms with Gasteiger partial charge >= 0.3 is 0 Å². The molecule has 0 amide bonds. The van der Waals surface area contributed by atoms with Gasteiger partial charge in [0.05, 0.1) is 13.4 Å². The first kappa shape index (κ1) is 14.6. The largest absolute Gasteiger partial charge is 0.497 e. The van der Waals surface area contributed by atoms with Crippen molar-refractivity contribution in [1.82, 2.24) is 5.43 Å². The summed E-state index contributed by atoms with van der Waals surface area (Å²) in [5, 5.41) is 0. The Morgan fingerprint density at radius 3 is 2.50 bits per heavy atom. The number of benzene rings is 1. The lowest BCUT2D eigenvalue weighted by molar-refractivity contribution is 0.414. The van der Waals surface area contributed by atoms with E-state index in [0.717, 1.165) is 37.2 Å². The summed E-state index contributed by atoms with van der Waals surface area (Å²) < 4.78 is 10.5. The third kappa shape index (κ3) is 4.40. The maximum Gasteiger partial charge on any atom is 0.118 e. The van der Waals surface area contributed by atoms with Gasteiger partial charge < -0.3 is 9.15 Å². The molecule has 0 aliphatic carbocycles. The van der Waals surface area contributed by atoms with E-state index in [9.17, 15) is 0 Å². The summed E-state index contributed by atoms with van der Waals surface area (Å²) in [6, 6.07) is 12.4. The number of ether oxygens (including phenoxy) is 1. The quantitative estimate of drug-likeness (QED) is 0.574. The maximum absolute atomic E-state index is 5.62. The van der Waals surface area contributed by atoms with Gasteiger partial charge in [-0.25, -0.2) is 0 Å². The normalized spacial score (nSPS) is 12.3. The lowest BCUT2D eigenvalue weighted by Crippen LogP contribution is -2.35. The van der Waals surface area contributed by atoms with Crippen LogP contribution in [0.3, 0.4) is 0 Å². The Kier molecular flexibility index (Phi) is 5.65. The van der Waals surface area contributed by atoms with E-state index >= 15 is 0 Å². The van der Waals surface area contributed by atoms with Gasteiger partial charge in [-0.3, -0.25) is 11.3 Å². The molecule has 108 valence electrons. The Bertz CT molecular complexity index is 480. The van der Waals surface area contributed by atoms with E-state index in [2.05, 4.69) is 17.6 Å². The summed E-state index contributed by atoms with van der Waals surface area (Å²) in [6.45, 7) is 0. The van der Waals surface area contributed by atoms with Crippen molar-refractivity contribution in [3.8, 4) is 5.75 Å². The fourth-order valence-electron chi connectivity index (χ4n) is 2.22. The van der Waals surface area contributed by atoms with E-state index < -0.39 is 0 Å². The number of methoxy groups -OCH3 is 1. The molecular weight excluding hydrogens is 252 g/mol. The van der Waals surface area contributed by atoms with Crippen LogP contribution in [0.4, 0.5) is 0 Å². The first-order valence-electron chi connectivity index (χ1n) is 6.93. The number of hydrogen-bond donors (Lipinski definition) is 2. The van der Waals surface area contributed by atoms with Gasteiger partial charge in [0.1, 0.15) is 11.5 Å². The molecule has 1 heterocycles. The maximum atomic E-state index is 5.62. The van der Waals surface area contributed by atoms with Crippen LogP contribution in [0.15, 0.2) is 47.1 Å². The highest BCUT2D eigenvalue weighted by molar-refractivity contribution is 5.27. The molecule has 1 atom stereocenters. The molecule has 1 aromatic heterocycles. The molecule has 0 aliphatic heterocycles. The molecule has 20 heavy (non-hydrogen) atoms. The van der Waals surface area contributed by atoms with Crippen LogP contribution in [-0.2, 0) is 12.8 Å². The highest BCUT2D eigenvalue weighted by Gasteiger charge is 2.08. The highest BCUT2D eigenvalue weighted by atomic mass is 16.5. The van der Waals surface area contributed by atoms with Crippen LogP contribution in [-0.4, -0.2) is 13.2 Å². The predicted molar refractivity (Wildman–Crippen MR) is 79.5 cm³/mol. The molecule has 0 radical (unpaired) electrons. The smallest absolute Gasteiger partial charge is 0.118 e. The molecule has 0 aliphatic rings. The lowest BCUT2D eigenvalue weighted by atomic mass is 10.0. The second-order valence-electron chi connectivity index (χ2n) is 4.87. The number of hydrazine groups is 1. The van der Waals surface area contributed by atoms with E-state index in [-0.39, 0.29) is 0 Å². The van der Waals surface area contributed by atoms with Crippen molar-refractivity contribution < 1.29 is 9.15 Å². The van der Waals surface area contributed by atoms with Crippen molar-refractivity contribution in [1.29, 1.82) is 0 Å². The first-order valence-corrected chi connectivity index (χ1v) is 6.93. The molecule has 3 N–H and O–H groups in total. The zero-order valence-electron chi connectivity index (χ0n) is 11.8. The fraction of sp³-hybridized carbons (Fsp3) is 0.375. The average molecular weight is 274 g/mol. The lowest BCUT2D eigenvalue weighted by Gasteiger charge is -2.15. The van der Waals surface area contributed by atoms with Gasteiger partial charge in [0, 0.05) is 12.5 Å². The summed E-state index contributed by atoms with van der Waals surface area (Å²) in [4.78, 5) is 0. The van der Waals surface area contributed by atoms with Gasteiger partial charge in [0.2, 0.25) is 0 Å². The monoisotopic (exact) mass is 274 g/mol. The number of aryl methyl sites for hydroxylation is 2. The molecule has 4 heteroatoms. The fourth-order valence-corrected chi connectivity index (χ4v) is 2.22. The summed E-state index contributed by atoms with van der Waals surface area (Å²) in [5.41, 5.74) is 4.19. The topological polar surface area (TPSA) is 60.4 Å². The molecule has 4 nitrogen and oxygen atoms in total. The molecule has 1 unspecified atom stereocenters. The minimum Gasteiger partial charge on any atom is -0.497 e. The van der Waals surface area contributed by atoms with E-state index in [1.54, 1.807) is 13.4 Å². The van der Waals surface area contributed by atoms with Crippen LogP contribution in [0.1, 0.15) is 24.2 Å². The zero-order valence-corrected chi connectivity index (χ0v) is 11.8. The SMILES string of the molecule is COc1ccc(CCC(CCc2ccco2)NN)cc1. The number of rotatable bonds is 8. The molecule has 0 spiro atoms. The number of furan rings is 1. The molecule has 0 saturated carbocycles. The van der Waals surface area contributed by atoms with Crippen molar-refractivity contribution in [2.24, 2.45) is 5.84 Å². The van der Waals surface area contributed by atoms with Crippen LogP contribution >= 0.6 is 0 Å². The number of hydrogen-bond acceptors (Lipinski definition) is 4. The predicted octanol–water partition coefficient (Wildman–Crippen LogP) is 2.69. The summed E-state index contributed by atoms with van der Waals surface area (Å²) in [5.74, 6) is 7.52. The van der Waals surface area contributed by atoms with E-state index in [1.807, 2.05) is 24.3 Å². The average Bonchev–Trinajstić information content (AvgIpc) is 3.01. The molecule has 0 saturated heterocycles. The van der Waals surface area contributed by atoms with Crippen molar-refractivity contribution >= 4 is 0 Å². The Balaban J connectivity index is 1.77. The van der Waals surface area contributed by atoms with Crippen LogP contribution in [0, 0.1) is 0 Å². The molecular formula is C16H22N2O2. The second kappa shape index (κ2) is 7.72. The van der Waals surface area contributed by atoms with Gasteiger partial charge in [0.25, 0.3) is 0 Å². The number of nitrogens with one attached hydrogen (secondary N) is 1. The number of nitrogens with two attached hydrogens (primary N) is 1. The first-order chi connectivity index (χ1) is 9.81.